The second-order valence-corrected chi connectivity index (χ2v) is 9.83. The van der Waals surface area contributed by atoms with Gasteiger partial charge in [-0.3, -0.25) is 19.2 Å². The van der Waals surface area contributed by atoms with E-state index < -0.39 is 27.4 Å². The van der Waals surface area contributed by atoms with Crippen LogP contribution in [-0.4, -0.2) is 25.8 Å². The lowest BCUT2D eigenvalue weighted by Crippen LogP contribution is -2.38. The first kappa shape index (κ1) is 24.2. The molecular weight excluding hydrogens is 466 g/mol. The summed E-state index contributed by atoms with van der Waals surface area (Å²) in [7, 11) is -4.11. The van der Waals surface area contributed by atoms with Crippen LogP contribution in [0, 0.1) is 30.9 Å². The molecule has 1 amide bonds. The summed E-state index contributed by atoms with van der Waals surface area (Å²) in [4.78, 5) is 23.4. The van der Waals surface area contributed by atoms with Gasteiger partial charge in [-0.05, 0) is 56.2 Å². The Labute approximate surface area is 197 Å². The van der Waals surface area contributed by atoms with Crippen LogP contribution in [0.4, 0.5) is 17.1 Å². The van der Waals surface area contributed by atoms with Gasteiger partial charge in [0.05, 0.1) is 21.2 Å². The van der Waals surface area contributed by atoms with Crippen LogP contribution in [0.15, 0.2) is 65.6 Å². The van der Waals surface area contributed by atoms with Crippen molar-refractivity contribution in [2.75, 3.05) is 16.2 Å². The van der Waals surface area contributed by atoms with Crippen molar-refractivity contribution in [3.8, 4) is 0 Å². The number of carbonyl (C=O) groups excluding carboxylic acids is 1. The SMILES string of the molecule is Cc1ccc(S(=O)(=O)N(CC(=O)Nc2cc([N+](=O)[O-])ccc2C)c2ccc(C)c(Cl)c2)cc1. The fourth-order valence-corrected chi connectivity index (χ4v) is 4.66. The van der Waals surface area contributed by atoms with Crippen LogP contribution < -0.4 is 9.62 Å². The predicted molar refractivity (Wildman–Crippen MR) is 128 cm³/mol. The topological polar surface area (TPSA) is 110 Å². The van der Waals surface area contributed by atoms with E-state index in [4.69, 9.17) is 11.6 Å². The molecule has 0 fully saturated rings. The molecule has 0 atom stereocenters. The van der Waals surface area contributed by atoms with Gasteiger partial charge >= 0.3 is 0 Å². The standard InChI is InChI=1S/C23H22ClN3O5S/c1-15-4-10-20(11-5-15)33(31,32)26(18-8-6-16(2)21(24)12-18)14-23(28)25-22-13-19(27(29)30)9-7-17(22)3/h4-13H,14H2,1-3H3,(H,25,28). The molecule has 0 saturated carbocycles. The molecular formula is C23H22ClN3O5S. The summed E-state index contributed by atoms with van der Waals surface area (Å²) in [6, 6.07) is 15.0. The molecule has 3 rings (SSSR count). The molecule has 3 aromatic rings. The zero-order chi connectivity index (χ0) is 24.3. The van der Waals surface area contributed by atoms with Crippen LogP contribution in [0.3, 0.4) is 0 Å². The van der Waals surface area contributed by atoms with E-state index in [-0.39, 0.29) is 22.0 Å². The molecule has 0 aliphatic rings. The van der Waals surface area contributed by atoms with Gasteiger partial charge in [0, 0.05) is 17.2 Å². The molecule has 0 aliphatic heterocycles. The lowest BCUT2D eigenvalue weighted by molar-refractivity contribution is -0.384. The van der Waals surface area contributed by atoms with E-state index in [0.717, 1.165) is 15.4 Å². The summed E-state index contributed by atoms with van der Waals surface area (Å²) in [6.45, 7) is 4.74. The quantitative estimate of drug-likeness (QED) is 0.372. The number of hydrogen-bond acceptors (Lipinski definition) is 5. The van der Waals surface area contributed by atoms with Crippen molar-refractivity contribution in [3.05, 3.63) is 92.5 Å². The van der Waals surface area contributed by atoms with Crippen molar-refractivity contribution in [3.63, 3.8) is 0 Å². The van der Waals surface area contributed by atoms with E-state index in [0.29, 0.717) is 10.6 Å². The number of nitrogens with one attached hydrogen (secondary N) is 1. The highest BCUT2D eigenvalue weighted by molar-refractivity contribution is 7.92. The molecule has 0 aromatic heterocycles. The monoisotopic (exact) mass is 487 g/mol. The van der Waals surface area contributed by atoms with Gasteiger partial charge in [0.1, 0.15) is 6.54 Å². The van der Waals surface area contributed by atoms with Gasteiger partial charge in [0.15, 0.2) is 0 Å². The molecule has 172 valence electrons. The van der Waals surface area contributed by atoms with Crippen LogP contribution in [0.2, 0.25) is 5.02 Å². The minimum atomic E-state index is -4.11. The van der Waals surface area contributed by atoms with E-state index in [1.807, 2.05) is 6.92 Å². The Bertz CT molecular complexity index is 1320. The molecule has 0 radical (unpaired) electrons. The summed E-state index contributed by atoms with van der Waals surface area (Å²) < 4.78 is 27.9. The lowest BCUT2D eigenvalue weighted by Gasteiger charge is -2.25. The molecule has 8 nitrogen and oxygen atoms in total. The molecule has 0 saturated heterocycles. The molecule has 0 unspecified atom stereocenters. The highest BCUT2D eigenvalue weighted by Crippen LogP contribution is 2.29. The smallest absolute Gasteiger partial charge is 0.271 e. The van der Waals surface area contributed by atoms with Crippen LogP contribution in [0.1, 0.15) is 16.7 Å². The van der Waals surface area contributed by atoms with Crippen LogP contribution >= 0.6 is 11.6 Å². The Morgan fingerprint density at radius 3 is 2.24 bits per heavy atom. The molecule has 0 heterocycles. The number of sulfonamides is 1. The molecule has 0 spiro atoms. The third kappa shape index (κ3) is 5.50. The van der Waals surface area contributed by atoms with Gasteiger partial charge in [-0.25, -0.2) is 8.42 Å². The number of carbonyl (C=O) groups is 1. The van der Waals surface area contributed by atoms with E-state index in [1.165, 1.54) is 36.4 Å². The largest absolute Gasteiger partial charge is 0.324 e. The fourth-order valence-electron chi connectivity index (χ4n) is 3.07. The maximum atomic E-state index is 13.5. The van der Waals surface area contributed by atoms with Crippen molar-refractivity contribution >= 4 is 44.6 Å². The number of nitro benzene ring substituents is 1. The van der Waals surface area contributed by atoms with Crippen LogP contribution in [-0.2, 0) is 14.8 Å². The summed E-state index contributed by atoms with van der Waals surface area (Å²) in [6.07, 6.45) is 0. The van der Waals surface area contributed by atoms with E-state index in [2.05, 4.69) is 5.32 Å². The number of amides is 1. The van der Waals surface area contributed by atoms with Crippen molar-refractivity contribution in [2.45, 2.75) is 25.7 Å². The second kappa shape index (κ2) is 9.60. The van der Waals surface area contributed by atoms with Crippen LogP contribution in [0.5, 0.6) is 0 Å². The van der Waals surface area contributed by atoms with E-state index >= 15 is 0 Å². The fraction of sp³-hybridized carbons (Fsp3) is 0.174. The number of anilines is 2. The zero-order valence-corrected chi connectivity index (χ0v) is 19.8. The minimum absolute atomic E-state index is 0.0177. The average molecular weight is 488 g/mol. The van der Waals surface area contributed by atoms with Gasteiger partial charge in [-0.1, -0.05) is 41.4 Å². The first-order valence-electron chi connectivity index (χ1n) is 9.89. The molecule has 1 N–H and O–H groups in total. The summed E-state index contributed by atoms with van der Waals surface area (Å²) >= 11 is 6.22. The predicted octanol–water partition coefficient (Wildman–Crippen LogP) is 5.01. The Morgan fingerprint density at radius 2 is 1.64 bits per heavy atom. The second-order valence-electron chi connectivity index (χ2n) is 7.56. The molecule has 33 heavy (non-hydrogen) atoms. The highest BCUT2D eigenvalue weighted by atomic mass is 35.5. The number of rotatable bonds is 7. The number of aryl methyl sites for hydroxylation is 3. The van der Waals surface area contributed by atoms with E-state index in [1.54, 1.807) is 38.1 Å². The zero-order valence-electron chi connectivity index (χ0n) is 18.2. The minimum Gasteiger partial charge on any atom is -0.324 e. The third-order valence-electron chi connectivity index (χ3n) is 5.05. The van der Waals surface area contributed by atoms with Crippen molar-refractivity contribution in [1.82, 2.24) is 0 Å². The Hall–Kier alpha value is -3.43. The van der Waals surface area contributed by atoms with Gasteiger partial charge in [0.25, 0.3) is 15.7 Å². The maximum absolute atomic E-state index is 13.5. The van der Waals surface area contributed by atoms with Crippen molar-refractivity contribution < 1.29 is 18.1 Å². The van der Waals surface area contributed by atoms with Gasteiger partial charge < -0.3 is 5.32 Å². The van der Waals surface area contributed by atoms with Crippen molar-refractivity contribution in [2.24, 2.45) is 0 Å². The Morgan fingerprint density at radius 1 is 1.00 bits per heavy atom. The highest BCUT2D eigenvalue weighted by Gasteiger charge is 2.28. The van der Waals surface area contributed by atoms with Crippen molar-refractivity contribution in [1.29, 1.82) is 0 Å². The first-order valence-corrected chi connectivity index (χ1v) is 11.7. The maximum Gasteiger partial charge on any atom is 0.271 e. The number of benzene rings is 3. The van der Waals surface area contributed by atoms with E-state index in [9.17, 15) is 23.3 Å². The first-order chi connectivity index (χ1) is 15.5. The Kier molecular flexibility index (Phi) is 7.04. The number of nitrogens with zero attached hydrogens (tertiary/aromatic N) is 2. The van der Waals surface area contributed by atoms with Gasteiger partial charge in [0.2, 0.25) is 5.91 Å². The summed E-state index contributed by atoms with van der Waals surface area (Å²) in [5, 5.41) is 14.0. The third-order valence-corrected chi connectivity index (χ3v) is 7.24. The summed E-state index contributed by atoms with van der Waals surface area (Å²) in [5.74, 6) is -0.661. The summed E-state index contributed by atoms with van der Waals surface area (Å²) in [5.41, 5.74) is 2.49. The lowest BCUT2D eigenvalue weighted by atomic mass is 10.2. The molecule has 0 bridgehead atoms. The van der Waals surface area contributed by atoms with Crippen LogP contribution in [0.25, 0.3) is 0 Å². The number of nitro groups is 1. The molecule has 10 heteroatoms. The number of hydrogen-bond donors (Lipinski definition) is 1. The normalized spacial score (nSPS) is 11.2. The molecule has 3 aromatic carbocycles. The van der Waals surface area contributed by atoms with Gasteiger partial charge in [-0.15, -0.1) is 0 Å². The Balaban J connectivity index is 1.99. The average Bonchev–Trinajstić information content (AvgIpc) is 2.75. The number of non-ortho nitro benzene ring substituents is 1. The molecule has 0 aliphatic carbocycles. The van der Waals surface area contributed by atoms with Gasteiger partial charge in [-0.2, -0.15) is 0 Å². The number of halogens is 1.